The lowest BCUT2D eigenvalue weighted by molar-refractivity contribution is 0.102. The summed E-state index contributed by atoms with van der Waals surface area (Å²) in [4.78, 5) is 16.0. The molecular weight excluding hydrogens is 386 g/mol. The zero-order chi connectivity index (χ0) is 13.1. The minimum absolute atomic E-state index is 0.298. The second-order valence-electron chi connectivity index (χ2n) is 3.47. The summed E-state index contributed by atoms with van der Waals surface area (Å²) in [6, 6.07) is 8.26. The Labute approximate surface area is 128 Å². The Morgan fingerprint density at radius 2 is 1.83 bits per heavy atom. The highest BCUT2D eigenvalue weighted by Crippen LogP contribution is 2.19. The van der Waals surface area contributed by atoms with Crippen LogP contribution in [0.15, 0.2) is 36.5 Å². The molecule has 18 heavy (non-hydrogen) atoms. The van der Waals surface area contributed by atoms with Crippen molar-refractivity contribution >= 4 is 57.5 Å². The molecule has 0 aliphatic rings. The molecule has 1 amide bonds. The van der Waals surface area contributed by atoms with E-state index in [0.29, 0.717) is 21.4 Å². The van der Waals surface area contributed by atoms with Crippen LogP contribution in [0.3, 0.4) is 0 Å². The number of anilines is 1. The third-order valence-electron chi connectivity index (χ3n) is 2.09. The fourth-order valence-electron chi connectivity index (χ4n) is 1.32. The Morgan fingerprint density at radius 1 is 1.17 bits per heavy atom. The van der Waals surface area contributed by atoms with Crippen molar-refractivity contribution in [3.05, 3.63) is 55.7 Å². The maximum atomic E-state index is 11.9. The maximum Gasteiger partial charge on any atom is 0.256 e. The SMILES string of the molecule is O=C(Nc1ccc(I)cn1)c1cc(Cl)cc(Cl)c1. The van der Waals surface area contributed by atoms with Gasteiger partial charge in [0.05, 0.1) is 0 Å². The summed E-state index contributed by atoms with van der Waals surface area (Å²) in [5, 5.41) is 3.51. The molecule has 1 N–H and O–H groups in total. The van der Waals surface area contributed by atoms with Gasteiger partial charge in [0.2, 0.25) is 0 Å². The molecule has 1 heterocycles. The summed E-state index contributed by atoms with van der Waals surface area (Å²) >= 11 is 13.8. The van der Waals surface area contributed by atoms with Crippen LogP contribution in [0.2, 0.25) is 10.0 Å². The van der Waals surface area contributed by atoms with Gasteiger partial charge in [0.1, 0.15) is 5.82 Å². The second-order valence-corrected chi connectivity index (χ2v) is 5.59. The topological polar surface area (TPSA) is 42.0 Å². The van der Waals surface area contributed by atoms with Crippen LogP contribution >= 0.6 is 45.8 Å². The molecule has 0 radical (unpaired) electrons. The lowest BCUT2D eigenvalue weighted by atomic mass is 10.2. The number of hydrogen-bond donors (Lipinski definition) is 1. The summed E-state index contributed by atoms with van der Waals surface area (Å²) in [5.74, 6) is 0.185. The first kappa shape index (κ1) is 13.6. The van der Waals surface area contributed by atoms with E-state index >= 15 is 0 Å². The van der Waals surface area contributed by atoms with Gasteiger partial charge in [-0.3, -0.25) is 4.79 Å². The predicted octanol–water partition coefficient (Wildman–Crippen LogP) is 4.25. The molecule has 92 valence electrons. The Kier molecular flexibility index (Phi) is 4.42. The number of nitrogens with one attached hydrogen (secondary N) is 1. The molecule has 0 fully saturated rings. The third kappa shape index (κ3) is 3.57. The number of rotatable bonds is 2. The molecule has 0 unspecified atom stereocenters. The number of hydrogen-bond acceptors (Lipinski definition) is 2. The summed E-state index contributed by atoms with van der Waals surface area (Å²) in [7, 11) is 0. The Balaban J connectivity index is 2.19. The molecule has 0 aliphatic heterocycles. The lowest BCUT2D eigenvalue weighted by Gasteiger charge is -2.05. The molecular formula is C12H7Cl2IN2O. The largest absolute Gasteiger partial charge is 0.307 e. The van der Waals surface area contributed by atoms with Crippen molar-refractivity contribution in [2.45, 2.75) is 0 Å². The first-order valence-corrected chi connectivity index (χ1v) is 6.77. The van der Waals surface area contributed by atoms with Gasteiger partial charge in [0.25, 0.3) is 5.91 Å². The van der Waals surface area contributed by atoms with Crippen LogP contribution in [0.1, 0.15) is 10.4 Å². The fraction of sp³-hybridized carbons (Fsp3) is 0. The monoisotopic (exact) mass is 392 g/mol. The molecule has 1 aromatic carbocycles. The number of carbonyl (C=O) groups is 1. The van der Waals surface area contributed by atoms with Gasteiger partial charge in [-0.25, -0.2) is 4.98 Å². The van der Waals surface area contributed by atoms with Crippen LogP contribution in [0.25, 0.3) is 0 Å². The third-order valence-corrected chi connectivity index (χ3v) is 3.17. The van der Waals surface area contributed by atoms with E-state index in [0.717, 1.165) is 3.57 Å². The molecule has 0 atom stereocenters. The molecule has 1 aromatic heterocycles. The van der Waals surface area contributed by atoms with Gasteiger partial charge in [0.15, 0.2) is 0 Å². The van der Waals surface area contributed by atoms with Gasteiger partial charge in [-0.15, -0.1) is 0 Å². The Bertz CT molecular complexity index is 567. The highest BCUT2D eigenvalue weighted by atomic mass is 127. The van der Waals surface area contributed by atoms with E-state index in [1.807, 2.05) is 6.07 Å². The molecule has 6 heteroatoms. The summed E-state index contributed by atoms with van der Waals surface area (Å²) < 4.78 is 0.997. The Morgan fingerprint density at radius 3 is 2.39 bits per heavy atom. The van der Waals surface area contributed by atoms with Crippen molar-refractivity contribution in [1.82, 2.24) is 4.98 Å². The van der Waals surface area contributed by atoms with Crippen LogP contribution in [0.5, 0.6) is 0 Å². The number of amides is 1. The maximum absolute atomic E-state index is 11.9. The molecule has 0 aliphatic carbocycles. The normalized spacial score (nSPS) is 10.2. The van der Waals surface area contributed by atoms with Crippen molar-refractivity contribution in [2.24, 2.45) is 0 Å². The minimum atomic E-state index is -0.298. The van der Waals surface area contributed by atoms with Gasteiger partial charge in [-0.1, -0.05) is 23.2 Å². The van der Waals surface area contributed by atoms with E-state index < -0.39 is 0 Å². The van der Waals surface area contributed by atoms with Crippen molar-refractivity contribution < 1.29 is 4.79 Å². The summed E-state index contributed by atoms with van der Waals surface area (Å²) in [6.07, 6.45) is 1.67. The summed E-state index contributed by atoms with van der Waals surface area (Å²) in [5.41, 5.74) is 0.396. The predicted molar refractivity (Wildman–Crippen MR) is 81.4 cm³/mol. The average molecular weight is 393 g/mol. The van der Waals surface area contributed by atoms with Gasteiger partial charge in [-0.2, -0.15) is 0 Å². The number of halogens is 3. The first-order chi connectivity index (χ1) is 8.54. The van der Waals surface area contributed by atoms with Gasteiger partial charge in [0, 0.05) is 25.4 Å². The first-order valence-electron chi connectivity index (χ1n) is 4.93. The van der Waals surface area contributed by atoms with Crippen molar-refractivity contribution in [3.8, 4) is 0 Å². The molecule has 0 saturated heterocycles. The van der Waals surface area contributed by atoms with Crippen LogP contribution in [0.4, 0.5) is 5.82 Å². The molecule has 2 aromatic rings. The number of carbonyl (C=O) groups excluding carboxylic acids is 1. The van der Waals surface area contributed by atoms with Crippen molar-refractivity contribution in [2.75, 3.05) is 5.32 Å². The van der Waals surface area contributed by atoms with Crippen molar-refractivity contribution in [1.29, 1.82) is 0 Å². The van der Waals surface area contributed by atoms with E-state index in [2.05, 4.69) is 32.9 Å². The second kappa shape index (κ2) is 5.86. The van der Waals surface area contributed by atoms with Crippen LogP contribution in [-0.2, 0) is 0 Å². The molecule has 2 rings (SSSR count). The van der Waals surface area contributed by atoms with E-state index in [1.54, 1.807) is 30.5 Å². The highest BCUT2D eigenvalue weighted by molar-refractivity contribution is 14.1. The summed E-state index contributed by atoms with van der Waals surface area (Å²) in [6.45, 7) is 0. The zero-order valence-electron chi connectivity index (χ0n) is 8.95. The molecule has 0 saturated carbocycles. The van der Waals surface area contributed by atoms with Crippen molar-refractivity contribution in [3.63, 3.8) is 0 Å². The fourth-order valence-corrected chi connectivity index (χ4v) is 2.17. The number of aromatic nitrogens is 1. The van der Waals surface area contributed by atoms with E-state index in [1.165, 1.54) is 0 Å². The lowest BCUT2D eigenvalue weighted by Crippen LogP contribution is -2.12. The Hall–Kier alpha value is -0.850. The highest BCUT2D eigenvalue weighted by Gasteiger charge is 2.08. The van der Waals surface area contributed by atoms with Crippen LogP contribution < -0.4 is 5.32 Å². The number of pyridine rings is 1. The van der Waals surface area contributed by atoms with Crippen LogP contribution in [0, 0.1) is 3.57 Å². The van der Waals surface area contributed by atoms with Crippen LogP contribution in [-0.4, -0.2) is 10.9 Å². The van der Waals surface area contributed by atoms with Gasteiger partial charge < -0.3 is 5.32 Å². The number of benzene rings is 1. The van der Waals surface area contributed by atoms with E-state index in [9.17, 15) is 4.79 Å². The minimum Gasteiger partial charge on any atom is -0.307 e. The zero-order valence-corrected chi connectivity index (χ0v) is 12.6. The quantitative estimate of drug-likeness (QED) is 0.776. The van der Waals surface area contributed by atoms with Gasteiger partial charge >= 0.3 is 0 Å². The number of nitrogens with zero attached hydrogens (tertiary/aromatic N) is 1. The van der Waals surface area contributed by atoms with E-state index in [-0.39, 0.29) is 5.91 Å². The molecule has 0 spiro atoms. The average Bonchev–Trinajstić information content (AvgIpc) is 2.31. The molecule has 3 nitrogen and oxygen atoms in total. The standard InChI is InChI=1S/C12H7Cl2IN2O/c13-8-3-7(4-9(14)5-8)12(18)17-11-2-1-10(15)6-16-11/h1-6H,(H,16,17,18). The smallest absolute Gasteiger partial charge is 0.256 e. The van der Waals surface area contributed by atoms with Gasteiger partial charge in [-0.05, 0) is 52.9 Å². The van der Waals surface area contributed by atoms with E-state index in [4.69, 9.17) is 23.2 Å². The molecule has 0 bridgehead atoms.